The van der Waals surface area contributed by atoms with E-state index in [4.69, 9.17) is 0 Å². The molecule has 1 fully saturated rings. The molecule has 0 aliphatic heterocycles. The van der Waals surface area contributed by atoms with Crippen LogP contribution in [0.5, 0.6) is 0 Å². The number of hydrogen-bond acceptors (Lipinski definition) is 3. The zero-order valence-corrected chi connectivity index (χ0v) is 10.6. The van der Waals surface area contributed by atoms with Gasteiger partial charge in [0.05, 0.1) is 6.54 Å². The van der Waals surface area contributed by atoms with E-state index in [9.17, 15) is 0 Å². The number of aromatic nitrogens is 1. The van der Waals surface area contributed by atoms with E-state index in [0.717, 1.165) is 17.5 Å². The van der Waals surface area contributed by atoms with Crippen molar-refractivity contribution >= 4 is 17.3 Å². The number of guanidine groups is 1. The minimum Gasteiger partial charge on any atom is -0.357 e. The highest BCUT2D eigenvalue weighted by atomic mass is 32.1. The summed E-state index contributed by atoms with van der Waals surface area (Å²) in [5, 5.41) is 7.71. The lowest BCUT2D eigenvalue weighted by Crippen LogP contribution is -2.38. The van der Waals surface area contributed by atoms with E-state index < -0.39 is 0 Å². The molecule has 1 aliphatic carbocycles. The Kier molecular flexibility index (Phi) is 3.77. The van der Waals surface area contributed by atoms with Crippen molar-refractivity contribution in [2.24, 2.45) is 4.99 Å². The Bertz CT molecular complexity index is 368. The van der Waals surface area contributed by atoms with Crippen LogP contribution in [0, 0.1) is 6.92 Å². The average Bonchev–Trinajstić information content (AvgIpc) is 2.97. The normalized spacial score (nSPS) is 16.2. The van der Waals surface area contributed by atoms with Crippen LogP contribution in [0.4, 0.5) is 0 Å². The van der Waals surface area contributed by atoms with Crippen LogP contribution in [0.25, 0.3) is 0 Å². The van der Waals surface area contributed by atoms with Gasteiger partial charge in [0.25, 0.3) is 0 Å². The van der Waals surface area contributed by atoms with Crippen molar-refractivity contribution in [1.82, 2.24) is 15.6 Å². The monoisotopic (exact) mass is 238 g/mol. The van der Waals surface area contributed by atoms with Crippen molar-refractivity contribution in [2.75, 3.05) is 6.54 Å². The Morgan fingerprint density at radius 1 is 1.62 bits per heavy atom. The molecule has 1 saturated carbocycles. The molecule has 0 saturated heterocycles. The highest BCUT2D eigenvalue weighted by Gasteiger charge is 2.22. The van der Waals surface area contributed by atoms with Crippen molar-refractivity contribution in [3.05, 3.63) is 16.1 Å². The highest BCUT2D eigenvalue weighted by Crippen LogP contribution is 2.18. The van der Waals surface area contributed by atoms with Crippen molar-refractivity contribution < 1.29 is 0 Å². The van der Waals surface area contributed by atoms with Gasteiger partial charge in [-0.25, -0.2) is 9.98 Å². The first-order valence-electron chi connectivity index (χ1n) is 5.74. The second-order valence-electron chi connectivity index (χ2n) is 3.98. The van der Waals surface area contributed by atoms with Crippen molar-refractivity contribution in [3.8, 4) is 0 Å². The van der Waals surface area contributed by atoms with Gasteiger partial charge in [0.15, 0.2) is 5.96 Å². The summed E-state index contributed by atoms with van der Waals surface area (Å²) in [5.41, 5.74) is 0. The van der Waals surface area contributed by atoms with E-state index in [2.05, 4.69) is 34.5 Å². The van der Waals surface area contributed by atoms with Gasteiger partial charge < -0.3 is 10.6 Å². The molecule has 1 aromatic heterocycles. The van der Waals surface area contributed by atoms with Crippen molar-refractivity contribution in [2.45, 2.75) is 39.3 Å². The standard InChI is InChI=1S/C11H18N4S/c1-3-12-11(15-9-4-5-9)14-7-10-13-6-8(2)16-10/h6,9H,3-5,7H2,1-2H3,(H2,12,14,15). The van der Waals surface area contributed by atoms with E-state index in [-0.39, 0.29) is 0 Å². The van der Waals surface area contributed by atoms with Gasteiger partial charge in [-0.05, 0) is 26.7 Å². The molecule has 0 atom stereocenters. The lowest BCUT2D eigenvalue weighted by molar-refractivity contribution is 0.811. The van der Waals surface area contributed by atoms with Gasteiger partial charge in [-0.3, -0.25) is 0 Å². The molecule has 0 aromatic carbocycles. The predicted octanol–water partition coefficient (Wildman–Crippen LogP) is 1.67. The highest BCUT2D eigenvalue weighted by molar-refractivity contribution is 7.11. The summed E-state index contributed by atoms with van der Waals surface area (Å²) >= 11 is 1.71. The van der Waals surface area contributed by atoms with Gasteiger partial charge in [0.2, 0.25) is 0 Å². The first kappa shape index (κ1) is 11.4. The lowest BCUT2D eigenvalue weighted by atomic mass is 10.6. The number of aliphatic imine (C=N–C) groups is 1. The van der Waals surface area contributed by atoms with E-state index >= 15 is 0 Å². The number of nitrogens with one attached hydrogen (secondary N) is 2. The van der Waals surface area contributed by atoms with E-state index in [1.165, 1.54) is 17.7 Å². The minimum atomic E-state index is 0.635. The fourth-order valence-electron chi connectivity index (χ4n) is 1.36. The van der Waals surface area contributed by atoms with Gasteiger partial charge in [-0.15, -0.1) is 11.3 Å². The van der Waals surface area contributed by atoms with E-state index in [0.29, 0.717) is 12.6 Å². The van der Waals surface area contributed by atoms with Crippen LogP contribution in [-0.4, -0.2) is 23.5 Å². The minimum absolute atomic E-state index is 0.635. The summed E-state index contributed by atoms with van der Waals surface area (Å²) in [4.78, 5) is 10.1. The van der Waals surface area contributed by atoms with Crippen LogP contribution < -0.4 is 10.6 Å². The van der Waals surface area contributed by atoms with E-state index in [1.807, 2.05) is 6.20 Å². The van der Waals surface area contributed by atoms with Gasteiger partial charge in [-0.2, -0.15) is 0 Å². The second-order valence-corrected chi connectivity index (χ2v) is 5.30. The van der Waals surface area contributed by atoms with Gasteiger partial charge in [0, 0.05) is 23.7 Å². The first-order chi connectivity index (χ1) is 7.78. The molecule has 16 heavy (non-hydrogen) atoms. The van der Waals surface area contributed by atoms with Crippen LogP contribution in [0.15, 0.2) is 11.2 Å². The molecule has 88 valence electrons. The summed E-state index contributed by atoms with van der Waals surface area (Å²) in [6.45, 7) is 5.71. The summed E-state index contributed by atoms with van der Waals surface area (Å²) in [7, 11) is 0. The molecular weight excluding hydrogens is 220 g/mol. The second kappa shape index (κ2) is 5.30. The smallest absolute Gasteiger partial charge is 0.191 e. The molecule has 0 spiro atoms. The van der Waals surface area contributed by atoms with Crippen molar-refractivity contribution in [1.29, 1.82) is 0 Å². The number of aryl methyl sites for hydroxylation is 1. The fraction of sp³-hybridized carbons (Fsp3) is 0.636. The summed E-state index contributed by atoms with van der Waals surface area (Å²) in [6, 6.07) is 0.635. The SMILES string of the molecule is CCNC(=NCc1ncc(C)s1)NC1CC1. The topological polar surface area (TPSA) is 49.3 Å². The fourth-order valence-corrected chi connectivity index (χ4v) is 2.07. The van der Waals surface area contributed by atoms with Crippen molar-refractivity contribution in [3.63, 3.8) is 0 Å². The zero-order chi connectivity index (χ0) is 11.4. The van der Waals surface area contributed by atoms with Gasteiger partial charge in [0.1, 0.15) is 5.01 Å². The third-order valence-corrected chi connectivity index (χ3v) is 3.20. The van der Waals surface area contributed by atoms with Crippen LogP contribution >= 0.6 is 11.3 Å². The Morgan fingerprint density at radius 3 is 3.00 bits per heavy atom. The number of thiazole rings is 1. The molecule has 0 bridgehead atoms. The molecule has 2 rings (SSSR count). The molecule has 0 amide bonds. The first-order valence-corrected chi connectivity index (χ1v) is 6.55. The lowest BCUT2D eigenvalue weighted by Gasteiger charge is -2.09. The Balaban J connectivity index is 1.90. The summed E-state index contributed by atoms with van der Waals surface area (Å²) < 4.78 is 0. The van der Waals surface area contributed by atoms with Crippen LogP contribution in [0.2, 0.25) is 0 Å². The number of rotatable bonds is 4. The third-order valence-electron chi connectivity index (χ3n) is 2.30. The Hall–Kier alpha value is -1.10. The summed E-state index contributed by atoms with van der Waals surface area (Å²) in [6.07, 6.45) is 4.43. The molecular formula is C11H18N4S. The van der Waals surface area contributed by atoms with Gasteiger partial charge in [-0.1, -0.05) is 0 Å². The van der Waals surface area contributed by atoms with E-state index in [1.54, 1.807) is 11.3 Å². The quantitative estimate of drug-likeness (QED) is 0.619. The molecule has 2 N–H and O–H groups in total. The van der Waals surface area contributed by atoms with Crippen LogP contribution in [-0.2, 0) is 6.54 Å². The molecule has 0 unspecified atom stereocenters. The molecule has 0 radical (unpaired) electrons. The Morgan fingerprint density at radius 2 is 2.44 bits per heavy atom. The molecule has 1 aliphatic rings. The average molecular weight is 238 g/mol. The number of hydrogen-bond donors (Lipinski definition) is 2. The third kappa shape index (κ3) is 3.48. The predicted molar refractivity (Wildman–Crippen MR) is 67.8 cm³/mol. The Labute approximate surface area is 100 Å². The molecule has 5 heteroatoms. The number of nitrogens with zero attached hydrogens (tertiary/aromatic N) is 2. The maximum atomic E-state index is 4.52. The van der Waals surface area contributed by atoms with Crippen LogP contribution in [0.1, 0.15) is 29.7 Å². The van der Waals surface area contributed by atoms with Crippen LogP contribution in [0.3, 0.4) is 0 Å². The summed E-state index contributed by atoms with van der Waals surface area (Å²) in [5.74, 6) is 0.915. The van der Waals surface area contributed by atoms with Gasteiger partial charge >= 0.3 is 0 Å². The maximum Gasteiger partial charge on any atom is 0.191 e. The maximum absolute atomic E-state index is 4.52. The zero-order valence-electron chi connectivity index (χ0n) is 9.79. The largest absolute Gasteiger partial charge is 0.357 e. The molecule has 4 nitrogen and oxygen atoms in total. The molecule has 1 aromatic rings. The molecule has 1 heterocycles.